The van der Waals surface area contributed by atoms with E-state index in [2.05, 4.69) is 50.4 Å². The van der Waals surface area contributed by atoms with Crippen LogP contribution in [0.15, 0.2) is 115 Å². The van der Waals surface area contributed by atoms with E-state index in [-0.39, 0.29) is 55.6 Å². The zero-order chi connectivity index (χ0) is 45.5. The minimum Gasteiger partial charge on any atom is -0.453 e. The molecule has 7 atom stereocenters. The number of hydrogen-bond donors (Lipinski definition) is 4. The van der Waals surface area contributed by atoms with Crippen molar-refractivity contribution in [3.05, 3.63) is 154 Å². The second-order valence-electron chi connectivity index (χ2n) is 19.0. The van der Waals surface area contributed by atoms with Gasteiger partial charge < -0.3 is 40.7 Å². The first-order valence-corrected chi connectivity index (χ1v) is 22.7. The molecular weight excluding hydrogens is 833 g/mol. The summed E-state index contributed by atoms with van der Waals surface area (Å²) in [4.78, 5) is 79.7. The molecule has 4 N–H and O–H groups in total. The van der Waals surface area contributed by atoms with Gasteiger partial charge in [0.1, 0.15) is 18.5 Å². The summed E-state index contributed by atoms with van der Waals surface area (Å²) in [6.07, 6.45) is -1.63. The van der Waals surface area contributed by atoms with Crippen molar-refractivity contribution >= 4 is 52.5 Å². The van der Waals surface area contributed by atoms with Crippen molar-refractivity contribution in [1.82, 2.24) is 20.0 Å². The highest BCUT2D eigenvalue weighted by molar-refractivity contribution is 6.12. The van der Waals surface area contributed by atoms with Gasteiger partial charge in [-0.1, -0.05) is 103 Å². The fourth-order valence-electron chi connectivity index (χ4n) is 13.8. The lowest BCUT2D eigenvalue weighted by Crippen LogP contribution is -2.62. The van der Waals surface area contributed by atoms with Gasteiger partial charge >= 0.3 is 6.09 Å². The number of para-hydroxylation sites is 4. The normalized spacial score (nSPS) is 29.3. The minimum absolute atomic E-state index is 0.0297. The van der Waals surface area contributed by atoms with Crippen molar-refractivity contribution < 1.29 is 28.7 Å². The molecule has 0 bridgehead atoms. The molecule has 0 saturated carbocycles. The van der Waals surface area contributed by atoms with Gasteiger partial charge in [-0.15, -0.1) is 0 Å². The van der Waals surface area contributed by atoms with Crippen LogP contribution in [0.25, 0.3) is 0 Å². The quantitative estimate of drug-likeness (QED) is 0.164. The van der Waals surface area contributed by atoms with Crippen molar-refractivity contribution in [3.63, 3.8) is 0 Å². The van der Waals surface area contributed by atoms with Crippen LogP contribution in [-0.2, 0) is 52.1 Å². The van der Waals surface area contributed by atoms with Gasteiger partial charge in [0.2, 0.25) is 23.6 Å². The molecule has 7 aliphatic rings. The lowest BCUT2D eigenvalue weighted by atomic mass is 9.54. The topological polar surface area (TPSA) is 156 Å². The number of anilines is 4. The molecule has 0 aromatic heterocycles. The molecule has 5 aromatic rings. The van der Waals surface area contributed by atoms with Crippen LogP contribution in [0.3, 0.4) is 0 Å². The van der Waals surface area contributed by atoms with E-state index < -0.39 is 40.1 Å². The second-order valence-corrected chi connectivity index (χ2v) is 19.0. The molecule has 0 spiro atoms. The first-order chi connectivity index (χ1) is 32.0. The van der Waals surface area contributed by atoms with E-state index in [0.29, 0.717) is 24.2 Å². The predicted molar refractivity (Wildman–Crippen MR) is 248 cm³/mol. The summed E-state index contributed by atoms with van der Waals surface area (Å²) in [5.74, 6) is -0.713. The fraction of sp³-hybridized carbons (Fsp3) is 0.327. The lowest BCUT2D eigenvalue weighted by molar-refractivity contribution is -0.131. The van der Waals surface area contributed by atoms with E-state index in [1.54, 1.807) is 21.7 Å². The van der Waals surface area contributed by atoms with E-state index in [1.807, 2.05) is 105 Å². The summed E-state index contributed by atoms with van der Waals surface area (Å²) >= 11 is 0. The van der Waals surface area contributed by atoms with Crippen molar-refractivity contribution in [2.75, 3.05) is 55.6 Å². The second kappa shape index (κ2) is 13.8. The fourth-order valence-corrected chi connectivity index (χ4v) is 13.8. The van der Waals surface area contributed by atoms with Crippen molar-refractivity contribution in [2.45, 2.75) is 72.4 Å². The molecule has 0 aliphatic carbocycles. The first-order valence-electron chi connectivity index (χ1n) is 22.7. The van der Waals surface area contributed by atoms with Crippen molar-refractivity contribution in [1.29, 1.82) is 0 Å². The van der Waals surface area contributed by atoms with Gasteiger partial charge in [-0.25, -0.2) is 4.79 Å². The average molecular weight is 883 g/mol. The highest BCUT2D eigenvalue weighted by Gasteiger charge is 2.74. The van der Waals surface area contributed by atoms with Crippen molar-refractivity contribution in [2.24, 2.45) is 0 Å². The predicted octanol–water partition coefficient (Wildman–Crippen LogP) is 5.57. The third kappa shape index (κ3) is 4.73. The number of carbonyl (C=O) groups is 5. The minimum atomic E-state index is -1.55. The van der Waals surface area contributed by atoms with Crippen LogP contribution in [-0.4, -0.2) is 97.7 Å². The molecule has 5 amide bonds. The molecule has 66 heavy (non-hydrogen) atoms. The van der Waals surface area contributed by atoms with Crippen LogP contribution in [0.4, 0.5) is 27.5 Å². The number of nitrogens with one attached hydrogen (secondary N) is 4. The number of likely N-dealkylation sites (N-methyl/N-ethyl adjacent to an activating group) is 2. The Balaban J connectivity index is 1.09. The van der Waals surface area contributed by atoms with E-state index in [4.69, 9.17) is 4.74 Å². The van der Waals surface area contributed by atoms with Gasteiger partial charge in [-0.3, -0.25) is 24.1 Å². The number of rotatable bonds is 7. The van der Waals surface area contributed by atoms with Crippen LogP contribution in [0.5, 0.6) is 0 Å². The Bertz CT molecular complexity index is 2960. The number of nitrogens with zero attached hydrogens (tertiary/aromatic N) is 4. The maximum atomic E-state index is 15.9. The number of carbonyl (C=O) groups excluding carboxylic acids is 5. The first kappa shape index (κ1) is 40.2. The van der Waals surface area contributed by atoms with Crippen molar-refractivity contribution in [3.8, 4) is 0 Å². The summed E-state index contributed by atoms with van der Waals surface area (Å²) in [6, 6.07) is 38.3. The van der Waals surface area contributed by atoms with Gasteiger partial charge in [0, 0.05) is 76.2 Å². The van der Waals surface area contributed by atoms with Gasteiger partial charge in [0.05, 0.1) is 28.8 Å². The Morgan fingerprint density at radius 1 is 0.697 bits per heavy atom. The number of benzene rings is 5. The van der Waals surface area contributed by atoms with Crippen LogP contribution in [0, 0.1) is 0 Å². The van der Waals surface area contributed by atoms with Crippen LogP contribution in [0.2, 0.25) is 0 Å². The maximum absolute atomic E-state index is 15.9. The number of likely N-dealkylation sites (tertiary alicyclic amines) is 3. The zero-order valence-electron chi connectivity index (χ0n) is 37.2. The van der Waals surface area contributed by atoms with Gasteiger partial charge in [-0.2, -0.15) is 0 Å². The van der Waals surface area contributed by atoms with Gasteiger partial charge in [0.15, 0.2) is 0 Å². The average Bonchev–Trinajstić information content (AvgIpc) is 4.18. The molecule has 3 fully saturated rings. The molecule has 5 aromatic carbocycles. The Kier molecular flexibility index (Phi) is 8.42. The number of ether oxygens (including phenoxy) is 1. The van der Waals surface area contributed by atoms with E-state index in [1.165, 1.54) is 7.11 Å². The Labute approximate surface area is 382 Å². The van der Waals surface area contributed by atoms with Crippen LogP contribution < -0.4 is 26.2 Å². The zero-order valence-corrected chi connectivity index (χ0v) is 37.2. The summed E-state index contributed by atoms with van der Waals surface area (Å²) in [7, 11) is 6.60. The molecule has 14 nitrogen and oxygen atoms in total. The standard InChI is InChI=1S/C52H50N8O6/c1-53-39(61)26-52(51-24-25-59(48(65)66-4)47(51)60(29-30-14-6-5-7-15-30)38-23-11-9-17-32(38)51)36-21-13-20-35(43(36)56-46(52)64)50-28-41(63)58(3)45(50)55-42-33(18-12-19-34(42)50)49-27-40(62)57(2)44(49)54-37-22-10-8-16-31(37)49/h5-23,44-45,47,54-55H,24-29H2,1-4H3,(H,53,61)(H,56,64)/t44-,45+,47-,49-,50+,51-,52+/m1/s1. The van der Waals surface area contributed by atoms with E-state index in [9.17, 15) is 19.2 Å². The monoisotopic (exact) mass is 882 g/mol. The van der Waals surface area contributed by atoms with E-state index >= 15 is 4.79 Å². The number of amides is 5. The number of hydrogen-bond acceptors (Lipinski definition) is 9. The van der Waals surface area contributed by atoms with Crippen LogP contribution >= 0.6 is 0 Å². The molecule has 0 unspecified atom stereocenters. The molecule has 7 heterocycles. The Morgan fingerprint density at radius 2 is 1.27 bits per heavy atom. The Hall–Kier alpha value is -7.35. The third-order valence-corrected chi connectivity index (χ3v) is 16.5. The highest BCUT2D eigenvalue weighted by Crippen LogP contribution is 2.67. The summed E-state index contributed by atoms with van der Waals surface area (Å²) < 4.78 is 5.48. The molecule has 14 heteroatoms. The maximum Gasteiger partial charge on any atom is 0.411 e. The third-order valence-electron chi connectivity index (χ3n) is 16.5. The molecular formula is C52H50N8O6. The van der Waals surface area contributed by atoms with Gasteiger partial charge in [0.25, 0.3) is 0 Å². The SMILES string of the molecule is CNC(=O)C[C@@]1([C@@]23CCN(C(=O)OC)[C@@H]2N(Cc2ccccc2)c2ccccc23)C(=O)Nc2c([C@@]34CC(=O)N(C)[C@@H]3Nc3c([C@]56CC(=O)N(C)[C@H]5Nc5ccccc56)cccc34)cccc21. The Morgan fingerprint density at radius 3 is 1.95 bits per heavy atom. The molecule has 7 aliphatic heterocycles. The molecule has 3 saturated heterocycles. The summed E-state index contributed by atoms with van der Waals surface area (Å²) in [5, 5.41) is 13.8. The summed E-state index contributed by atoms with van der Waals surface area (Å²) in [6.45, 7) is 0.703. The van der Waals surface area contributed by atoms with Gasteiger partial charge in [-0.05, 0) is 57.5 Å². The molecule has 12 rings (SSSR count). The number of fused-ring (bicyclic) bond motifs is 10. The lowest BCUT2D eigenvalue weighted by Gasteiger charge is -2.47. The summed E-state index contributed by atoms with van der Waals surface area (Å²) in [5.41, 5.74) is 4.97. The molecule has 334 valence electrons. The van der Waals surface area contributed by atoms with Crippen LogP contribution in [0.1, 0.15) is 64.6 Å². The highest BCUT2D eigenvalue weighted by atomic mass is 16.5. The molecule has 0 radical (unpaired) electrons. The van der Waals surface area contributed by atoms with E-state index in [0.717, 1.165) is 50.4 Å². The smallest absolute Gasteiger partial charge is 0.411 e. The largest absolute Gasteiger partial charge is 0.453 e. The number of methoxy groups -OCH3 is 1.